The molecule has 3 amide bonds. The molecule has 1 aliphatic heterocycles. The standard InChI is InChI=1S/C27H31FN6O5S/c1-17-16-39-13-12-34(17)26-32-23(15-24(33-26)22-14-20(28)6-9-25(22)40(3,37)38)19-4-7-21(8-5-19)31-27(36)30-11-10-29-18(2)35/h4-9,14-15,17H,10-13,16H2,1-3H3,(H,29,35)(H2,30,31,36). The van der Waals surface area contributed by atoms with Crippen molar-refractivity contribution in [2.75, 3.05) is 49.3 Å². The quantitative estimate of drug-likeness (QED) is 0.277. The van der Waals surface area contributed by atoms with Crippen LogP contribution in [0.1, 0.15) is 13.8 Å². The van der Waals surface area contributed by atoms with Gasteiger partial charge in [0, 0.05) is 49.6 Å². The van der Waals surface area contributed by atoms with E-state index >= 15 is 0 Å². The molecular weight excluding hydrogens is 539 g/mol. The second-order valence-electron chi connectivity index (χ2n) is 9.41. The first-order chi connectivity index (χ1) is 19.0. The summed E-state index contributed by atoms with van der Waals surface area (Å²) in [4.78, 5) is 34.4. The smallest absolute Gasteiger partial charge is 0.319 e. The van der Waals surface area contributed by atoms with Crippen LogP contribution in [-0.4, -0.2) is 75.5 Å². The zero-order chi connectivity index (χ0) is 28.9. The molecule has 0 aliphatic carbocycles. The summed E-state index contributed by atoms with van der Waals surface area (Å²) in [6, 6.07) is 11.6. The predicted octanol–water partition coefficient (Wildman–Crippen LogP) is 2.84. The molecule has 1 unspecified atom stereocenters. The maximum Gasteiger partial charge on any atom is 0.319 e. The minimum absolute atomic E-state index is 0.0329. The van der Waals surface area contributed by atoms with Crippen LogP contribution in [0.5, 0.6) is 0 Å². The number of amides is 3. The van der Waals surface area contributed by atoms with Crippen molar-refractivity contribution in [3.63, 3.8) is 0 Å². The van der Waals surface area contributed by atoms with E-state index in [2.05, 4.69) is 20.9 Å². The fraction of sp³-hybridized carbons (Fsp3) is 0.333. The number of hydrogen-bond donors (Lipinski definition) is 3. The molecule has 13 heteroatoms. The molecule has 40 heavy (non-hydrogen) atoms. The summed E-state index contributed by atoms with van der Waals surface area (Å²) in [5, 5.41) is 7.96. The number of aromatic nitrogens is 2. The fourth-order valence-corrected chi connectivity index (χ4v) is 5.09. The highest BCUT2D eigenvalue weighted by atomic mass is 32.2. The normalized spacial score (nSPS) is 15.4. The Labute approximate surface area is 232 Å². The first-order valence-corrected chi connectivity index (χ1v) is 14.5. The van der Waals surface area contributed by atoms with E-state index in [1.54, 1.807) is 30.3 Å². The Morgan fingerprint density at radius 1 is 1.05 bits per heavy atom. The maximum absolute atomic E-state index is 14.3. The number of halogens is 1. The third-order valence-electron chi connectivity index (χ3n) is 6.18. The van der Waals surface area contributed by atoms with Crippen LogP contribution in [-0.2, 0) is 19.4 Å². The maximum atomic E-state index is 14.3. The summed E-state index contributed by atoms with van der Waals surface area (Å²) >= 11 is 0. The zero-order valence-corrected chi connectivity index (χ0v) is 23.2. The third kappa shape index (κ3) is 7.30. The van der Waals surface area contributed by atoms with Crippen molar-refractivity contribution >= 4 is 33.4 Å². The lowest BCUT2D eigenvalue weighted by molar-refractivity contribution is -0.118. The molecule has 212 valence electrons. The van der Waals surface area contributed by atoms with E-state index in [0.717, 1.165) is 18.4 Å². The molecule has 0 bridgehead atoms. The number of nitrogens with zero attached hydrogens (tertiary/aromatic N) is 3. The molecule has 1 saturated heterocycles. The fourth-order valence-electron chi connectivity index (χ4n) is 4.21. The number of hydrogen-bond acceptors (Lipinski definition) is 8. The summed E-state index contributed by atoms with van der Waals surface area (Å²) in [6.07, 6.45) is 1.07. The minimum atomic E-state index is -3.68. The van der Waals surface area contributed by atoms with Gasteiger partial charge in [0.25, 0.3) is 0 Å². The molecule has 0 radical (unpaired) electrons. The summed E-state index contributed by atoms with van der Waals surface area (Å²) < 4.78 is 44.9. The van der Waals surface area contributed by atoms with Crippen molar-refractivity contribution in [3.8, 4) is 22.5 Å². The first kappa shape index (κ1) is 28.9. The number of rotatable bonds is 8. The molecule has 11 nitrogen and oxygen atoms in total. The molecule has 2 heterocycles. The van der Waals surface area contributed by atoms with Crippen LogP contribution in [0.15, 0.2) is 53.4 Å². The van der Waals surface area contributed by atoms with E-state index in [9.17, 15) is 22.4 Å². The molecule has 0 spiro atoms. The van der Waals surface area contributed by atoms with E-state index in [1.807, 2.05) is 11.8 Å². The highest BCUT2D eigenvalue weighted by Crippen LogP contribution is 2.32. The van der Waals surface area contributed by atoms with Crippen molar-refractivity contribution in [1.82, 2.24) is 20.6 Å². The zero-order valence-electron chi connectivity index (χ0n) is 22.4. The lowest BCUT2D eigenvalue weighted by Crippen LogP contribution is -2.44. The van der Waals surface area contributed by atoms with Crippen molar-refractivity contribution in [2.45, 2.75) is 24.8 Å². The van der Waals surface area contributed by atoms with E-state index < -0.39 is 21.7 Å². The molecule has 2 aromatic carbocycles. The van der Waals surface area contributed by atoms with Gasteiger partial charge in [-0.25, -0.2) is 27.6 Å². The topological polar surface area (TPSA) is 143 Å². The molecule has 3 N–H and O–H groups in total. The second-order valence-corrected chi connectivity index (χ2v) is 11.4. The first-order valence-electron chi connectivity index (χ1n) is 12.6. The van der Waals surface area contributed by atoms with Crippen LogP contribution in [0.3, 0.4) is 0 Å². The largest absolute Gasteiger partial charge is 0.377 e. The van der Waals surface area contributed by atoms with E-state index in [-0.39, 0.29) is 34.6 Å². The summed E-state index contributed by atoms with van der Waals surface area (Å²) in [6.45, 7) is 5.45. The van der Waals surface area contributed by atoms with Crippen LogP contribution < -0.4 is 20.9 Å². The number of carbonyl (C=O) groups excluding carboxylic acids is 2. The number of benzene rings is 2. The van der Waals surface area contributed by atoms with E-state index in [0.29, 0.717) is 49.2 Å². The molecular formula is C27H31FN6O5S. The Bertz CT molecular complexity index is 1500. The van der Waals surface area contributed by atoms with Gasteiger partial charge in [-0.2, -0.15) is 0 Å². The van der Waals surface area contributed by atoms with Crippen LogP contribution in [0.25, 0.3) is 22.5 Å². The number of morpholine rings is 1. The number of anilines is 2. The van der Waals surface area contributed by atoms with Gasteiger partial charge in [0.2, 0.25) is 11.9 Å². The van der Waals surface area contributed by atoms with Crippen molar-refractivity contribution in [3.05, 3.63) is 54.3 Å². The highest BCUT2D eigenvalue weighted by molar-refractivity contribution is 7.90. The summed E-state index contributed by atoms with van der Waals surface area (Å²) in [5.41, 5.74) is 2.11. The molecule has 1 atom stereocenters. The summed E-state index contributed by atoms with van der Waals surface area (Å²) in [5.74, 6) is -0.399. The highest BCUT2D eigenvalue weighted by Gasteiger charge is 2.24. The lowest BCUT2D eigenvalue weighted by atomic mass is 10.1. The van der Waals surface area contributed by atoms with Gasteiger partial charge in [-0.05, 0) is 43.3 Å². The Balaban J connectivity index is 1.67. The number of urea groups is 1. The van der Waals surface area contributed by atoms with Crippen LogP contribution in [0, 0.1) is 5.82 Å². The van der Waals surface area contributed by atoms with Gasteiger partial charge in [0.1, 0.15) is 5.82 Å². The number of carbonyl (C=O) groups is 2. The van der Waals surface area contributed by atoms with Gasteiger partial charge < -0.3 is 25.6 Å². The van der Waals surface area contributed by atoms with Crippen molar-refractivity contribution in [2.24, 2.45) is 0 Å². The van der Waals surface area contributed by atoms with Gasteiger partial charge in [-0.1, -0.05) is 12.1 Å². The van der Waals surface area contributed by atoms with Gasteiger partial charge >= 0.3 is 6.03 Å². The van der Waals surface area contributed by atoms with Gasteiger partial charge in [-0.3, -0.25) is 4.79 Å². The van der Waals surface area contributed by atoms with Gasteiger partial charge in [0.15, 0.2) is 9.84 Å². The van der Waals surface area contributed by atoms with Crippen LogP contribution in [0.2, 0.25) is 0 Å². The van der Waals surface area contributed by atoms with E-state index in [4.69, 9.17) is 9.72 Å². The predicted molar refractivity (Wildman–Crippen MR) is 149 cm³/mol. The lowest BCUT2D eigenvalue weighted by Gasteiger charge is -2.33. The second kappa shape index (κ2) is 12.4. The van der Waals surface area contributed by atoms with Crippen LogP contribution in [0.4, 0.5) is 20.8 Å². The number of nitrogens with one attached hydrogen (secondary N) is 3. The Morgan fingerprint density at radius 2 is 1.75 bits per heavy atom. The Morgan fingerprint density at radius 3 is 2.42 bits per heavy atom. The molecule has 1 aliphatic rings. The summed E-state index contributed by atoms with van der Waals surface area (Å²) in [7, 11) is -3.68. The Hall–Kier alpha value is -4.10. The molecule has 1 aromatic heterocycles. The number of ether oxygens (including phenoxy) is 1. The minimum Gasteiger partial charge on any atom is -0.377 e. The van der Waals surface area contributed by atoms with Crippen molar-refractivity contribution < 1.29 is 27.1 Å². The SMILES string of the molecule is CC(=O)NCCNC(=O)Nc1ccc(-c2cc(-c3cc(F)ccc3S(C)(=O)=O)nc(N3CCOCC3C)n2)cc1. The van der Waals surface area contributed by atoms with Crippen LogP contribution >= 0.6 is 0 Å². The average molecular weight is 571 g/mol. The molecule has 0 saturated carbocycles. The molecule has 4 rings (SSSR count). The van der Waals surface area contributed by atoms with Gasteiger partial charge in [-0.15, -0.1) is 0 Å². The molecule has 1 fully saturated rings. The average Bonchev–Trinajstić information content (AvgIpc) is 2.91. The monoisotopic (exact) mass is 570 g/mol. The third-order valence-corrected chi connectivity index (χ3v) is 7.33. The van der Waals surface area contributed by atoms with Gasteiger partial charge in [0.05, 0.1) is 35.5 Å². The molecule has 3 aromatic rings. The van der Waals surface area contributed by atoms with Crippen molar-refractivity contribution in [1.29, 1.82) is 0 Å². The Kier molecular flexibility index (Phi) is 8.95. The number of sulfone groups is 1. The van der Waals surface area contributed by atoms with E-state index in [1.165, 1.54) is 13.0 Å².